The van der Waals surface area contributed by atoms with Gasteiger partial charge < -0.3 is 31.2 Å². The summed E-state index contributed by atoms with van der Waals surface area (Å²) in [6.07, 6.45) is 8.47. The zero-order valence-corrected chi connectivity index (χ0v) is 19.5. The van der Waals surface area contributed by atoms with Crippen LogP contribution in [0.15, 0.2) is 18.2 Å². The average molecular weight is 446 g/mol. The predicted octanol–water partition coefficient (Wildman–Crippen LogP) is 1.11. The molecule has 1 aromatic carbocycles. The quantitative estimate of drug-likeness (QED) is 0.513. The maximum absolute atomic E-state index is 6.28. The van der Waals surface area contributed by atoms with Gasteiger partial charge in [-0.1, -0.05) is 19.3 Å². The molecule has 0 aromatic heterocycles. The van der Waals surface area contributed by atoms with Gasteiger partial charge in [-0.15, -0.1) is 11.6 Å². The first-order chi connectivity index (χ1) is 12.0. The number of ether oxygens (including phenoxy) is 3. The molecule has 1 atom stereocenters. The van der Waals surface area contributed by atoms with Crippen LogP contribution in [0.4, 0.5) is 0 Å². The van der Waals surface area contributed by atoms with Crippen LogP contribution >= 0.6 is 0 Å². The summed E-state index contributed by atoms with van der Waals surface area (Å²) in [7, 11) is 0. The maximum Gasteiger partial charge on any atom is 2.00 e. The largest absolute Gasteiger partial charge is 2.00 e. The molecule has 144 valence electrons. The van der Waals surface area contributed by atoms with Gasteiger partial charge in [0, 0.05) is 5.75 Å². The molecular weight excluding hydrogens is 416 g/mol. The van der Waals surface area contributed by atoms with Crippen molar-refractivity contribution in [3.05, 3.63) is 29.8 Å². The Balaban J connectivity index is 0.00000105. The third kappa shape index (κ3) is 4.23. The Morgan fingerprint density at radius 3 is 2.30 bits per heavy atom. The number of halogens is 1. The molecule has 1 unspecified atom stereocenters. The van der Waals surface area contributed by atoms with Gasteiger partial charge in [0.1, 0.15) is 12.7 Å². The summed E-state index contributed by atoms with van der Waals surface area (Å²) < 4.78 is 17.8. The van der Waals surface area contributed by atoms with E-state index in [0.29, 0.717) is 18.6 Å². The van der Waals surface area contributed by atoms with Gasteiger partial charge in [0.15, 0.2) is 5.79 Å². The topological polar surface area (TPSA) is 27.7 Å². The van der Waals surface area contributed by atoms with Gasteiger partial charge in [0.05, 0.1) is 6.61 Å². The van der Waals surface area contributed by atoms with Crippen molar-refractivity contribution >= 4 is 23.1 Å². The second-order valence-electron chi connectivity index (χ2n) is 9.38. The van der Waals surface area contributed by atoms with E-state index < -0.39 is 5.79 Å². The summed E-state index contributed by atoms with van der Waals surface area (Å²) >= 11 is 0. The van der Waals surface area contributed by atoms with Gasteiger partial charge >= 0.3 is 23.1 Å². The van der Waals surface area contributed by atoms with Gasteiger partial charge in [0.2, 0.25) is 0 Å². The molecular formula is C22H29BrMgO3. The minimum absolute atomic E-state index is 0. The second kappa shape index (κ2) is 8.14. The fourth-order valence-electron chi connectivity index (χ4n) is 6.42. The van der Waals surface area contributed by atoms with Crippen molar-refractivity contribution in [2.45, 2.75) is 69.7 Å². The third-order valence-electron chi connectivity index (χ3n) is 6.93. The number of hydrogen-bond donors (Lipinski definition) is 0. The van der Waals surface area contributed by atoms with Crippen LogP contribution in [0.2, 0.25) is 0 Å². The minimum Gasteiger partial charge on any atom is -1.00 e. The maximum atomic E-state index is 6.28. The molecule has 27 heavy (non-hydrogen) atoms. The molecule has 0 amide bonds. The van der Waals surface area contributed by atoms with Crippen LogP contribution in [0.5, 0.6) is 5.75 Å². The van der Waals surface area contributed by atoms with E-state index in [1.54, 1.807) is 0 Å². The second-order valence-corrected chi connectivity index (χ2v) is 9.38. The first kappa shape index (κ1) is 21.9. The molecule has 4 aliphatic carbocycles. The van der Waals surface area contributed by atoms with Crippen molar-refractivity contribution in [2.75, 3.05) is 13.2 Å². The van der Waals surface area contributed by atoms with Gasteiger partial charge in [-0.25, -0.2) is 0 Å². The molecule has 4 bridgehead atoms. The summed E-state index contributed by atoms with van der Waals surface area (Å²) in [5.74, 6) is 3.38. The number of hydrogen-bond acceptors (Lipinski definition) is 3. The van der Waals surface area contributed by atoms with E-state index in [9.17, 15) is 0 Å². The Bertz CT molecular complexity index is 627. The molecule has 5 fully saturated rings. The van der Waals surface area contributed by atoms with E-state index >= 15 is 0 Å². The molecule has 0 spiro atoms. The van der Waals surface area contributed by atoms with Gasteiger partial charge in [-0.3, -0.25) is 0 Å². The molecule has 6 rings (SSSR count). The van der Waals surface area contributed by atoms with Crippen molar-refractivity contribution in [3.63, 3.8) is 0 Å². The van der Waals surface area contributed by atoms with E-state index in [-0.39, 0.29) is 46.1 Å². The van der Waals surface area contributed by atoms with E-state index in [0.717, 1.165) is 23.5 Å². The monoisotopic (exact) mass is 444 g/mol. The van der Waals surface area contributed by atoms with Crippen LogP contribution < -0.4 is 21.7 Å². The Kier molecular flexibility index (Phi) is 6.59. The molecule has 4 saturated carbocycles. The summed E-state index contributed by atoms with van der Waals surface area (Å²) in [6, 6.07) is 9.63. The number of benzene rings is 1. The van der Waals surface area contributed by atoms with Crippen molar-refractivity contribution in [3.8, 4) is 5.75 Å². The van der Waals surface area contributed by atoms with E-state index in [2.05, 4.69) is 18.2 Å². The standard InChI is InChI=1S/C22H29O3.BrH.Mg/c1-21(2)24-14-18(25-21)13-23-20-6-4-3-5-19(20)22-10-15-7-16(11-22)9-17(8-15)12-22;;/h4-6,15-18H,7-14H2,1-2H3;1H;/q-1;;+2/p-1. The molecule has 1 saturated heterocycles. The molecule has 3 nitrogen and oxygen atoms in total. The average Bonchev–Trinajstić information content (AvgIpc) is 2.91. The first-order valence-corrected chi connectivity index (χ1v) is 9.96. The molecule has 0 N–H and O–H groups in total. The fraction of sp³-hybridized carbons (Fsp3) is 0.727. The van der Waals surface area contributed by atoms with Crippen LogP contribution in [0.3, 0.4) is 0 Å². The first-order valence-electron chi connectivity index (χ1n) is 9.96. The Labute approximate surface area is 189 Å². The van der Waals surface area contributed by atoms with Crippen LogP contribution in [-0.2, 0) is 14.9 Å². The molecule has 1 heterocycles. The Morgan fingerprint density at radius 2 is 1.74 bits per heavy atom. The summed E-state index contributed by atoms with van der Waals surface area (Å²) in [4.78, 5) is 0. The van der Waals surface area contributed by atoms with Crippen LogP contribution in [0.1, 0.15) is 57.9 Å². The normalized spacial score (nSPS) is 38.1. The van der Waals surface area contributed by atoms with Gasteiger partial charge in [0.25, 0.3) is 0 Å². The summed E-state index contributed by atoms with van der Waals surface area (Å²) in [6.45, 7) is 5.10. The van der Waals surface area contributed by atoms with Crippen molar-refractivity contribution in [2.24, 2.45) is 17.8 Å². The molecule has 0 radical (unpaired) electrons. The van der Waals surface area contributed by atoms with E-state index in [4.69, 9.17) is 14.2 Å². The fourth-order valence-corrected chi connectivity index (χ4v) is 6.42. The molecule has 1 aromatic rings. The summed E-state index contributed by atoms with van der Waals surface area (Å²) in [5, 5.41) is 0. The van der Waals surface area contributed by atoms with E-state index in [1.165, 1.54) is 44.1 Å². The molecule has 1 aliphatic heterocycles. The predicted molar refractivity (Wildman–Crippen MR) is 101 cm³/mol. The van der Waals surface area contributed by atoms with Crippen molar-refractivity contribution in [1.29, 1.82) is 0 Å². The van der Waals surface area contributed by atoms with Crippen LogP contribution in [0, 0.1) is 23.8 Å². The Hall–Kier alpha value is 0.186. The number of rotatable bonds is 4. The van der Waals surface area contributed by atoms with Crippen molar-refractivity contribution < 1.29 is 31.2 Å². The van der Waals surface area contributed by atoms with Crippen molar-refractivity contribution in [1.82, 2.24) is 0 Å². The van der Waals surface area contributed by atoms with Crippen LogP contribution in [0.25, 0.3) is 0 Å². The SMILES string of the molecule is CC1(C)OCC(COc2cc[c-]cc2C23CC4CC(CC(C4)C2)C3)O1.[Br-].[Mg+2]. The molecule has 5 aliphatic rings. The zero-order chi connectivity index (χ0) is 17.1. The van der Waals surface area contributed by atoms with Gasteiger partial charge in [-0.2, -0.15) is 18.2 Å². The zero-order valence-electron chi connectivity index (χ0n) is 16.5. The summed E-state index contributed by atoms with van der Waals surface area (Å²) in [5.41, 5.74) is 1.75. The van der Waals surface area contributed by atoms with Crippen LogP contribution in [-0.4, -0.2) is 48.2 Å². The Morgan fingerprint density at radius 1 is 1.11 bits per heavy atom. The molecule has 5 heteroatoms. The third-order valence-corrected chi connectivity index (χ3v) is 6.93. The van der Waals surface area contributed by atoms with E-state index in [1.807, 2.05) is 19.9 Å². The minimum atomic E-state index is -0.485. The smallest absolute Gasteiger partial charge is 1.00 e. The van der Waals surface area contributed by atoms with Gasteiger partial charge in [-0.05, 0) is 56.3 Å².